The Hall–Kier alpha value is -2.87. The van der Waals surface area contributed by atoms with Crippen LogP contribution in [0, 0.1) is 23.1 Å². The normalized spacial score (nSPS) is 15.1. The Balaban J connectivity index is 1.51. The maximum absolute atomic E-state index is 15.0. The summed E-state index contributed by atoms with van der Waals surface area (Å²) in [4.78, 5) is 13.2. The molecule has 0 radical (unpaired) electrons. The molecule has 42 heavy (non-hydrogen) atoms. The molecule has 1 saturated carbocycles. The first-order chi connectivity index (χ1) is 20.5. The predicted octanol–water partition coefficient (Wildman–Crippen LogP) is 11.0. The Morgan fingerprint density at radius 3 is 2.21 bits per heavy atom. The second-order valence-electron chi connectivity index (χ2n) is 12.2. The van der Waals surface area contributed by atoms with Crippen molar-refractivity contribution in [3.63, 3.8) is 0 Å². The molecule has 1 atom stereocenters. The standard InChI is InChI=1S/C37H52FNO3/c1-3-5-6-7-8-9-10-14-27-41-33-22-23-34(35(38)28-33)31-18-20-32(21-19-31)36(40)42-37(24-12-11-13-25-37)26-15-17-30(29-39)16-4-2/h18-23,28,30H,3-17,24-27H2,1-2H3. The highest BCUT2D eigenvalue weighted by Gasteiger charge is 2.36. The second-order valence-corrected chi connectivity index (χ2v) is 12.2. The largest absolute Gasteiger partial charge is 0.493 e. The van der Waals surface area contributed by atoms with Crippen LogP contribution in [0.15, 0.2) is 42.5 Å². The number of benzene rings is 2. The molecule has 0 saturated heterocycles. The molecule has 1 fully saturated rings. The van der Waals surface area contributed by atoms with Crippen molar-refractivity contribution in [3.8, 4) is 22.9 Å². The van der Waals surface area contributed by atoms with Crippen molar-refractivity contribution >= 4 is 5.97 Å². The Bertz CT molecular complexity index is 1100. The van der Waals surface area contributed by atoms with Crippen molar-refractivity contribution in [1.82, 2.24) is 0 Å². The maximum atomic E-state index is 15.0. The zero-order chi connectivity index (χ0) is 30.0. The third-order valence-corrected chi connectivity index (χ3v) is 8.72. The summed E-state index contributed by atoms with van der Waals surface area (Å²) in [5.41, 5.74) is 1.23. The first-order valence-corrected chi connectivity index (χ1v) is 16.7. The van der Waals surface area contributed by atoms with Gasteiger partial charge in [-0.05, 0) is 87.6 Å². The van der Waals surface area contributed by atoms with E-state index in [2.05, 4.69) is 19.9 Å². The van der Waals surface area contributed by atoms with Crippen molar-refractivity contribution in [2.45, 2.75) is 135 Å². The molecular weight excluding hydrogens is 525 g/mol. The summed E-state index contributed by atoms with van der Waals surface area (Å²) in [7, 11) is 0. The van der Waals surface area contributed by atoms with Gasteiger partial charge in [0, 0.05) is 17.5 Å². The number of ether oxygens (including phenoxy) is 2. The second kappa shape index (κ2) is 18.6. The van der Waals surface area contributed by atoms with Crippen molar-refractivity contribution in [2.24, 2.45) is 5.92 Å². The molecule has 1 aliphatic carbocycles. The fraction of sp³-hybridized carbons (Fsp3) is 0.622. The molecule has 0 aromatic heterocycles. The summed E-state index contributed by atoms with van der Waals surface area (Å²) in [6.45, 7) is 4.94. The first-order valence-electron chi connectivity index (χ1n) is 16.7. The third-order valence-electron chi connectivity index (χ3n) is 8.72. The average molecular weight is 578 g/mol. The lowest BCUT2D eigenvalue weighted by Gasteiger charge is -2.37. The molecule has 0 heterocycles. The minimum atomic E-state index is -0.448. The molecule has 0 bridgehead atoms. The van der Waals surface area contributed by atoms with Gasteiger partial charge in [-0.3, -0.25) is 0 Å². The number of hydrogen-bond donors (Lipinski definition) is 0. The summed E-state index contributed by atoms with van der Waals surface area (Å²) in [5, 5.41) is 9.41. The number of hydrogen-bond acceptors (Lipinski definition) is 4. The first kappa shape index (κ1) is 33.6. The molecule has 0 N–H and O–H groups in total. The number of halogens is 1. The quantitative estimate of drug-likeness (QED) is 0.123. The molecule has 4 nitrogen and oxygen atoms in total. The van der Waals surface area contributed by atoms with Crippen molar-refractivity contribution in [3.05, 3.63) is 53.8 Å². The van der Waals surface area contributed by atoms with Crippen LogP contribution < -0.4 is 4.74 Å². The summed E-state index contributed by atoms with van der Waals surface area (Å²) in [5.74, 6) is -0.0274. The van der Waals surface area contributed by atoms with Gasteiger partial charge in [-0.2, -0.15) is 5.26 Å². The van der Waals surface area contributed by atoms with E-state index in [0.29, 0.717) is 29.0 Å². The fourth-order valence-electron chi connectivity index (χ4n) is 6.18. The van der Waals surface area contributed by atoms with Crippen LogP contribution in [0.1, 0.15) is 140 Å². The van der Waals surface area contributed by atoms with Gasteiger partial charge in [0.15, 0.2) is 0 Å². The van der Waals surface area contributed by atoms with Crippen LogP contribution in [0.25, 0.3) is 11.1 Å². The van der Waals surface area contributed by atoms with Gasteiger partial charge >= 0.3 is 5.97 Å². The van der Waals surface area contributed by atoms with Crippen LogP contribution in [-0.2, 0) is 4.74 Å². The van der Waals surface area contributed by atoms with E-state index in [4.69, 9.17) is 9.47 Å². The zero-order valence-electron chi connectivity index (χ0n) is 26.1. The lowest BCUT2D eigenvalue weighted by molar-refractivity contribution is -0.0438. The van der Waals surface area contributed by atoms with Gasteiger partial charge in [-0.1, -0.05) is 83.8 Å². The van der Waals surface area contributed by atoms with E-state index in [1.165, 1.54) is 51.0 Å². The van der Waals surface area contributed by atoms with Crippen LogP contribution >= 0.6 is 0 Å². The topological polar surface area (TPSA) is 59.3 Å². The summed E-state index contributed by atoms with van der Waals surface area (Å²) in [6, 6.07) is 14.5. The molecule has 3 rings (SSSR count). The van der Waals surface area contributed by atoms with Crippen LogP contribution in [0.2, 0.25) is 0 Å². The molecule has 1 aliphatic rings. The van der Waals surface area contributed by atoms with Gasteiger partial charge in [0.05, 0.1) is 18.2 Å². The highest BCUT2D eigenvalue weighted by molar-refractivity contribution is 5.90. The fourth-order valence-corrected chi connectivity index (χ4v) is 6.18. The van der Waals surface area contributed by atoms with Gasteiger partial charge < -0.3 is 9.47 Å². The SMILES string of the molecule is CCCCCCCCCCOc1ccc(-c2ccc(C(=O)OC3(CCCC(C#N)CCC)CCCCC3)cc2)c(F)c1. The number of carbonyl (C=O) groups is 1. The minimum absolute atomic E-state index is 0.0785. The molecule has 2 aromatic carbocycles. The predicted molar refractivity (Wildman–Crippen MR) is 169 cm³/mol. The molecule has 0 spiro atoms. The summed E-state index contributed by atoms with van der Waals surface area (Å²) >= 11 is 0. The Morgan fingerprint density at radius 1 is 0.881 bits per heavy atom. The van der Waals surface area contributed by atoms with E-state index in [1.807, 2.05) is 6.07 Å². The monoisotopic (exact) mass is 577 g/mol. The molecule has 5 heteroatoms. The van der Waals surface area contributed by atoms with E-state index in [1.54, 1.807) is 30.3 Å². The number of nitrogens with zero attached hydrogens (tertiary/aromatic N) is 1. The van der Waals surface area contributed by atoms with E-state index >= 15 is 0 Å². The van der Waals surface area contributed by atoms with Gasteiger partial charge in [0.1, 0.15) is 17.2 Å². The number of rotatable bonds is 19. The number of unbranched alkanes of at least 4 members (excludes halogenated alkanes) is 7. The summed E-state index contributed by atoms with van der Waals surface area (Å²) in [6.07, 6.45) is 19.4. The smallest absolute Gasteiger partial charge is 0.338 e. The van der Waals surface area contributed by atoms with Crippen molar-refractivity contribution in [2.75, 3.05) is 6.61 Å². The number of esters is 1. The van der Waals surface area contributed by atoms with E-state index in [-0.39, 0.29) is 17.7 Å². The van der Waals surface area contributed by atoms with Crippen LogP contribution in [0.4, 0.5) is 4.39 Å². The molecular formula is C37H52FNO3. The van der Waals surface area contributed by atoms with Crippen LogP contribution in [0.3, 0.4) is 0 Å². The van der Waals surface area contributed by atoms with Crippen molar-refractivity contribution < 1.29 is 18.7 Å². The molecule has 230 valence electrons. The van der Waals surface area contributed by atoms with E-state index in [0.717, 1.165) is 70.6 Å². The molecule has 0 aliphatic heterocycles. The summed E-state index contributed by atoms with van der Waals surface area (Å²) < 4.78 is 27.0. The maximum Gasteiger partial charge on any atom is 0.338 e. The average Bonchev–Trinajstić information content (AvgIpc) is 3.00. The van der Waals surface area contributed by atoms with Crippen LogP contribution in [-0.4, -0.2) is 18.2 Å². The van der Waals surface area contributed by atoms with Gasteiger partial charge in [0.2, 0.25) is 0 Å². The molecule has 1 unspecified atom stereocenters. The lowest BCUT2D eigenvalue weighted by Crippen LogP contribution is -2.37. The van der Waals surface area contributed by atoms with E-state index < -0.39 is 5.60 Å². The Kier molecular flexibility index (Phi) is 14.9. The van der Waals surface area contributed by atoms with Gasteiger partial charge in [-0.15, -0.1) is 0 Å². The van der Waals surface area contributed by atoms with Crippen molar-refractivity contribution in [1.29, 1.82) is 5.26 Å². The number of carbonyl (C=O) groups excluding carboxylic acids is 1. The number of nitriles is 1. The Morgan fingerprint density at radius 2 is 1.57 bits per heavy atom. The van der Waals surface area contributed by atoms with Gasteiger partial charge in [-0.25, -0.2) is 9.18 Å². The van der Waals surface area contributed by atoms with Gasteiger partial charge in [0.25, 0.3) is 0 Å². The highest BCUT2D eigenvalue weighted by atomic mass is 19.1. The third kappa shape index (κ3) is 11.1. The lowest BCUT2D eigenvalue weighted by atomic mass is 9.80. The molecule has 0 amide bonds. The minimum Gasteiger partial charge on any atom is -0.493 e. The van der Waals surface area contributed by atoms with Crippen LogP contribution in [0.5, 0.6) is 5.75 Å². The Labute approximate surface area is 254 Å². The highest BCUT2D eigenvalue weighted by Crippen LogP contribution is 2.37. The molecule has 2 aromatic rings. The zero-order valence-corrected chi connectivity index (χ0v) is 26.1. The van der Waals surface area contributed by atoms with E-state index in [9.17, 15) is 14.4 Å².